The third kappa shape index (κ3) is 3.61. The van der Waals surface area contributed by atoms with Crippen LogP contribution < -0.4 is 0 Å². The molecule has 138 valence electrons. The first-order chi connectivity index (χ1) is 11.7. The summed E-state index contributed by atoms with van der Waals surface area (Å²) >= 11 is 0. The Hall–Kier alpha value is -1.77. The van der Waals surface area contributed by atoms with Gasteiger partial charge in [0.15, 0.2) is 5.79 Å². The van der Waals surface area contributed by atoms with Crippen molar-refractivity contribution in [2.75, 3.05) is 13.2 Å². The predicted molar refractivity (Wildman–Crippen MR) is 83.0 cm³/mol. The largest absolute Gasteiger partial charge is 0.445 e. The quantitative estimate of drug-likeness (QED) is 0.898. The second-order valence-electron chi connectivity index (χ2n) is 6.69. The average molecular weight is 357 g/mol. The first-order valence-electron chi connectivity index (χ1n) is 8.06. The lowest BCUT2D eigenvalue weighted by Crippen LogP contribution is -2.52. The van der Waals surface area contributed by atoms with E-state index in [-0.39, 0.29) is 13.2 Å². The molecule has 8 heteroatoms. The fraction of sp³-hybridized carbons (Fsp3) is 0.588. The van der Waals surface area contributed by atoms with E-state index in [0.29, 0.717) is 0 Å². The summed E-state index contributed by atoms with van der Waals surface area (Å²) in [6.45, 7) is 2.55. The van der Waals surface area contributed by atoms with Gasteiger partial charge in [-0.2, -0.15) is 0 Å². The van der Waals surface area contributed by atoms with Gasteiger partial charge in [0.1, 0.15) is 24.9 Å². The van der Waals surface area contributed by atoms with Crippen LogP contribution in [0.5, 0.6) is 0 Å². The first kappa shape index (κ1) is 18.0. The summed E-state index contributed by atoms with van der Waals surface area (Å²) in [6.07, 6.45) is -3.95. The molecule has 0 bridgehead atoms. The van der Waals surface area contributed by atoms with Gasteiger partial charge in [-0.1, -0.05) is 30.3 Å². The van der Waals surface area contributed by atoms with Crippen LogP contribution in [0.25, 0.3) is 0 Å². The van der Waals surface area contributed by atoms with Crippen LogP contribution in [0.15, 0.2) is 30.3 Å². The molecule has 2 fully saturated rings. The van der Waals surface area contributed by atoms with Crippen molar-refractivity contribution in [3.05, 3.63) is 35.9 Å². The van der Waals surface area contributed by atoms with Crippen LogP contribution in [-0.4, -0.2) is 59.2 Å². The van der Waals surface area contributed by atoms with Crippen molar-refractivity contribution in [3.63, 3.8) is 0 Å². The number of hydrogen-bond donors (Lipinski definition) is 1. The van der Waals surface area contributed by atoms with Crippen molar-refractivity contribution < 1.29 is 32.9 Å². The van der Waals surface area contributed by atoms with Gasteiger partial charge in [-0.25, -0.2) is 13.6 Å². The number of nitrogens with zero attached hydrogens (tertiary/aromatic N) is 1. The maximum Gasteiger partial charge on any atom is 0.410 e. The number of hydrogen-bond acceptors (Lipinski definition) is 5. The van der Waals surface area contributed by atoms with E-state index in [1.165, 1.54) is 0 Å². The van der Waals surface area contributed by atoms with Crippen LogP contribution in [0.1, 0.15) is 19.4 Å². The molecule has 0 saturated carbocycles. The zero-order valence-corrected chi connectivity index (χ0v) is 14.0. The predicted octanol–water partition coefficient (Wildman–Crippen LogP) is 2.16. The number of β-amino-alcohol motifs (C(OH)–C–C–N with tert-alkyl or cyclic N) is 1. The Labute approximate surface area is 144 Å². The molecular weight excluding hydrogens is 336 g/mol. The van der Waals surface area contributed by atoms with Crippen molar-refractivity contribution in [3.8, 4) is 0 Å². The molecule has 25 heavy (non-hydrogen) atoms. The average Bonchev–Trinajstić information content (AvgIpc) is 3.02. The van der Waals surface area contributed by atoms with E-state index >= 15 is 0 Å². The Bertz CT molecular complexity index is 625. The Morgan fingerprint density at radius 1 is 1.36 bits per heavy atom. The summed E-state index contributed by atoms with van der Waals surface area (Å²) in [7, 11) is 0. The molecule has 6 nitrogen and oxygen atoms in total. The Balaban J connectivity index is 1.73. The minimum Gasteiger partial charge on any atom is -0.445 e. The maximum atomic E-state index is 14.4. The fourth-order valence-corrected chi connectivity index (χ4v) is 3.14. The van der Waals surface area contributed by atoms with Crippen LogP contribution >= 0.6 is 0 Å². The molecule has 0 unspecified atom stereocenters. The standard InChI is InChI=1S/C17H21F2NO5/c1-16(2)24-10-12(25-16)14-17(18,19)13(21)8-20(14)15(22)23-9-11-6-4-3-5-7-11/h3-7,12-14,21H,8-10H2,1-2H3/t12-,13+,14+/m1/s1. The van der Waals surface area contributed by atoms with Gasteiger partial charge in [0.25, 0.3) is 5.92 Å². The molecule has 2 aliphatic rings. The topological polar surface area (TPSA) is 68.2 Å². The normalized spacial score (nSPS) is 30.4. The number of benzene rings is 1. The molecule has 0 aliphatic carbocycles. The number of likely N-dealkylation sites (tertiary alicyclic amines) is 1. The van der Waals surface area contributed by atoms with Gasteiger partial charge in [0, 0.05) is 0 Å². The number of aliphatic hydroxyl groups is 1. The number of rotatable bonds is 3. The summed E-state index contributed by atoms with van der Waals surface area (Å²) in [5.41, 5.74) is 0.737. The molecule has 3 atom stereocenters. The molecular formula is C17H21F2NO5. The molecule has 1 amide bonds. The van der Waals surface area contributed by atoms with Gasteiger partial charge in [-0.3, -0.25) is 4.90 Å². The molecule has 1 aromatic carbocycles. The SMILES string of the molecule is CC1(C)OC[C@H]([C@@H]2N(C(=O)OCc3ccccc3)C[C@H](O)C2(F)F)O1. The highest BCUT2D eigenvalue weighted by Crippen LogP contribution is 2.40. The third-order valence-corrected chi connectivity index (χ3v) is 4.37. The maximum absolute atomic E-state index is 14.4. The minimum absolute atomic E-state index is 0.0436. The first-order valence-corrected chi connectivity index (χ1v) is 8.06. The van der Waals surface area contributed by atoms with Crippen molar-refractivity contribution in [2.45, 2.75) is 50.4 Å². The van der Waals surface area contributed by atoms with Crippen molar-refractivity contribution in [1.82, 2.24) is 4.90 Å². The molecule has 2 aliphatic heterocycles. The molecule has 0 radical (unpaired) electrons. The summed E-state index contributed by atoms with van der Waals surface area (Å²) in [5, 5.41) is 9.73. The Morgan fingerprint density at radius 3 is 2.64 bits per heavy atom. The third-order valence-electron chi connectivity index (χ3n) is 4.37. The van der Waals surface area contributed by atoms with E-state index in [1.54, 1.807) is 38.1 Å². The molecule has 2 saturated heterocycles. The molecule has 0 aromatic heterocycles. The number of aliphatic hydroxyl groups excluding tert-OH is 1. The van der Waals surface area contributed by atoms with Crippen molar-refractivity contribution in [2.24, 2.45) is 0 Å². The number of halogens is 2. The van der Waals surface area contributed by atoms with Crippen LogP contribution in [0.2, 0.25) is 0 Å². The molecule has 1 aromatic rings. The molecule has 1 N–H and O–H groups in total. The highest BCUT2D eigenvalue weighted by Gasteiger charge is 2.62. The van der Waals surface area contributed by atoms with Crippen molar-refractivity contribution >= 4 is 6.09 Å². The van der Waals surface area contributed by atoms with Crippen LogP contribution in [-0.2, 0) is 20.8 Å². The van der Waals surface area contributed by atoms with E-state index in [9.17, 15) is 18.7 Å². The summed E-state index contributed by atoms with van der Waals surface area (Å²) in [6, 6.07) is 7.26. The number of carbonyl (C=O) groups is 1. The number of ether oxygens (including phenoxy) is 3. The smallest absolute Gasteiger partial charge is 0.410 e. The monoisotopic (exact) mass is 357 g/mol. The van der Waals surface area contributed by atoms with E-state index in [0.717, 1.165) is 10.5 Å². The van der Waals surface area contributed by atoms with Gasteiger partial charge >= 0.3 is 6.09 Å². The van der Waals surface area contributed by atoms with Gasteiger partial charge < -0.3 is 19.3 Å². The second kappa shape index (κ2) is 6.51. The molecule has 0 spiro atoms. The minimum atomic E-state index is -3.51. The number of carbonyl (C=O) groups excluding carboxylic acids is 1. The highest BCUT2D eigenvalue weighted by atomic mass is 19.3. The van der Waals surface area contributed by atoms with E-state index in [1.807, 2.05) is 6.07 Å². The molecule has 3 rings (SSSR count). The lowest BCUT2D eigenvalue weighted by atomic mass is 10.0. The lowest BCUT2D eigenvalue weighted by molar-refractivity contribution is -0.168. The summed E-state index contributed by atoms with van der Waals surface area (Å²) in [5.74, 6) is -4.53. The van der Waals surface area contributed by atoms with Crippen LogP contribution in [0.4, 0.5) is 13.6 Å². The lowest BCUT2D eigenvalue weighted by Gasteiger charge is -2.31. The van der Waals surface area contributed by atoms with Crippen LogP contribution in [0, 0.1) is 0 Å². The van der Waals surface area contributed by atoms with Gasteiger partial charge in [0.05, 0.1) is 13.2 Å². The summed E-state index contributed by atoms with van der Waals surface area (Å²) in [4.78, 5) is 13.2. The van der Waals surface area contributed by atoms with Gasteiger partial charge in [-0.15, -0.1) is 0 Å². The number of alkyl halides is 2. The van der Waals surface area contributed by atoms with Crippen molar-refractivity contribution in [1.29, 1.82) is 0 Å². The van der Waals surface area contributed by atoms with E-state index in [2.05, 4.69) is 0 Å². The Morgan fingerprint density at radius 2 is 2.04 bits per heavy atom. The second-order valence-corrected chi connectivity index (χ2v) is 6.69. The van der Waals surface area contributed by atoms with E-state index in [4.69, 9.17) is 14.2 Å². The Kier molecular flexibility index (Phi) is 4.70. The fourth-order valence-electron chi connectivity index (χ4n) is 3.14. The van der Waals surface area contributed by atoms with Gasteiger partial charge in [-0.05, 0) is 19.4 Å². The van der Waals surface area contributed by atoms with E-state index < -0.39 is 42.6 Å². The van der Waals surface area contributed by atoms with Crippen LogP contribution in [0.3, 0.4) is 0 Å². The highest BCUT2D eigenvalue weighted by molar-refractivity contribution is 5.69. The zero-order valence-electron chi connectivity index (χ0n) is 14.0. The molecule has 2 heterocycles. The zero-order chi connectivity index (χ0) is 18.2. The number of amides is 1. The van der Waals surface area contributed by atoms with Gasteiger partial charge in [0.2, 0.25) is 0 Å². The summed E-state index contributed by atoms with van der Waals surface area (Å²) < 4.78 is 44.9.